The maximum Gasteiger partial charge on any atom is 0.133 e. The predicted molar refractivity (Wildman–Crippen MR) is 87.7 cm³/mol. The molecule has 0 fully saturated rings. The van der Waals surface area contributed by atoms with Gasteiger partial charge in [0.2, 0.25) is 0 Å². The van der Waals surface area contributed by atoms with Gasteiger partial charge in [0.15, 0.2) is 0 Å². The second-order valence-electron chi connectivity index (χ2n) is 6.03. The Morgan fingerprint density at radius 2 is 2.13 bits per heavy atom. The number of hydrogen-bond donors (Lipinski definition) is 2. The molecule has 0 radical (unpaired) electrons. The van der Waals surface area contributed by atoms with Crippen molar-refractivity contribution in [2.24, 2.45) is 0 Å². The second-order valence-corrected chi connectivity index (χ2v) is 6.03. The number of rotatable bonds is 4. The molecule has 6 heteroatoms. The minimum atomic E-state index is 0.440. The third-order valence-corrected chi connectivity index (χ3v) is 4.49. The minimum absolute atomic E-state index is 0.440. The average molecular weight is 308 g/mol. The van der Waals surface area contributed by atoms with E-state index >= 15 is 0 Å². The third kappa shape index (κ3) is 2.77. The van der Waals surface area contributed by atoms with Crippen molar-refractivity contribution in [3.63, 3.8) is 0 Å². The highest BCUT2D eigenvalue weighted by Gasteiger charge is 2.21. The molecular formula is C17H20N6. The lowest BCUT2D eigenvalue weighted by molar-refractivity contribution is 0.375. The number of aromatic amines is 1. The van der Waals surface area contributed by atoms with Crippen LogP contribution in [0, 0.1) is 6.92 Å². The van der Waals surface area contributed by atoms with Gasteiger partial charge in [0, 0.05) is 31.1 Å². The number of hydrogen-bond acceptors (Lipinski definition) is 4. The molecule has 0 spiro atoms. The van der Waals surface area contributed by atoms with Crippen LogP contribution in [0.2, 0.25) is 0 Å². The molecular weight excluding hydrogens is 288 g/mol. The molecule has 1 aromatic carbocycles. The summed E-state index contributed by atoms with van der Waals surface area (Å²) in [5.74, 6) is 2.11. The second kappa shape index (κ2) is 5.96. The van der Waals surface area contributed by atoms with E-state index in [-0.39, 0.29) is 0 Å². The molecule has 0 aliphatic carbocycles. The van der Waals surface area contributed by atoms with E-state index in [0.29, 0.717) is 6.04 Å². The molecule has 1 unspecified atom stereocenters. The predicted octanol–water partition coefficient (Wildman–Crippen LogP) is 2.08. The van der Waals surface area contributed by atoms with E-state index in [1.807, 2.05) is 31.3 Å². The molecule has 4 rings (SSSR count). The summed E-state index contributed by atoms with van der Waals surface area (Å²) in [6.45, 7) is 3.76. The van der Waals surface area contributed by atoms with E-state index in [1.165, 1.54) is 11.1 Å². The summed E-state index contributed by atoms with van der Waals surface area (Å²) in [5.41, 5.74) is 3.46. The zero-order valence-corrected chi connectivity index (χ0v) is 13.2. The Hall–Kier alpha value is -2.47. The molecule has 6 nitrogen and oxygen atoms in total. The number of H-pyrrole nitrogens is 1. The van der Waals surface area contributed by atoms with Crippen molar-refractivity contribution in [2.45, 2.75) is 38.9 Å². The highest BCUT2D eigenvalue weighted by Crippen LogP contribution is 2.21. The number of aromatic nitrogens is 5. The first-order chi connectivity index (χ1) is 11.3. The molecule has 23 heavy (non-hydrogen) atoms. The molecule has 0 saturated heterocycles. The van der Waals surface area contributed by atoms with Crippen LogP contribution in [-0.4, -0.2) is 31.0 Å². The third-order valence-electron chi connectivity index (χ3n) is 4.49. The van der Waals surface area contributed by atoms with Gasteiger partial charge in [0.25, 0.3) is 0 Å². The van der Waals surface area contributed by atoms with Gasteiger partial charge in [-0.05, 0) is 18.9 Å². The molecule has 1 atom stereocenters. The van der Waals surface area contributed by atoms with Crippen molar-refractivity contribution >= 4 is 0 Å². The Bertz CT molecular complexity index is 789. The lowest BCUT2D eigenvalue weighted by Crippen LogP contribution is -2.37. The summed E-state index contributed by atoms with van der Waals surface area (Å²) in [5, 5.41) is 19.4. The fourth-order valence-electron chi connectivity index (χ4n) is 3.18. The largest absolute Gasteiger partial charge is 0.314 e. The zero-order valence-electron chi connectivity index (χ0n) is 13.2. The summed E-state index contributed by atoms with van der Waals surface area (Å²) in [6, 6.07) is 10.8. The lowest BCUT2D eigenvalue weighted by Gasteiger charge is -2.25. The van der Waals surface area contributed by atoms with Gasteiger partial charge < -0.3 is 9.88 Å². The molecule has 0 saturated carbocycles. The maximum atomic E-state index is 4.22. The van der Waals surface area contributed by atoms with E-state index in [0.717, 1.165) is 43.3 Å². The monoisotopic (exact) mass is 308 g/mol. The van der Waals surface area contributed by atoms with Crippen molar-refractivity contribution in [1.29, 1.82) is 0 Å². The Kier molecular flexibility index (Phi) is 3.67. The van der Waals surface area contributed by atoms with Crippen LogP contribution in [0.1, 0.15) is 23.6 Å². The van der Waals surface area contributed by atoms with Gasteiger partial charge in [0.1, 0.15) is 11.6 Å². The number of benzene rings is 1. The van der Waals surface area contributed by atoms with Crippen LogP contribution >= 0.6 is 0 Å². The van der Waals surface area contributed by atoms with E-state index in [4.69, 9.17) is 0 Å². The molecule has 0 bridgehead atoms. The Labute approximate surface area is 135 Å². The van der Waals surface area contributed by atoms with E-state index in [2.05, 4.69) is 42.4 Å². The molecule has 118 valence electrons. The van der Waals surface area contributed by atoms with E-state index in [9.17, 15) is 0 Å². The first-order valence-electron chi connectivity index (χ1n) is 8.01. The Morgan fingerprint density at radius 1 is 1.26 bits per heavy atom. The summed E-state index contributed by atoms with van der Waals surface area (Å²) in [7, 11) is 0. The van der Waals surface area contributed by atoms with Crippen LogP contribution in [-0.2, 0) is 19.5 Å². The van der Waals surface area contributed by atoms with Crippen molar-refractivity contribution < 1.29 is 0 Å². The Balaban J connectivity index is 1.45. The highest BCUT2D eigenvalue weighted by molar-refractivity contribution is 5.62. The number of nitrogens with zero attached hydrogens (tertiary/aromatic N) is 4. The van der Waals surface area contributed by atoms with Crippen LogP contribution in [0.25, 0.3) is 11.3 Å². The zero-order chi connectivity index (χ0) is 15.6. The molecule has 0 amide bonds. The molecule has 2 aromatic heterocycles. The summed E-state index contributed by atoms with van der Waals surface area (Å²) < 4.78 is 2.22. The molecule has 2 N–H and O–H groups in total. The van der Waals surface area contributed by atoms with Crippen molar-refractivity contribution in [3.05, 3.63) is 53.7 Å². The lowest BCUT2D eigenvalue weighted by atomic mass is 10.1. The van der Waals surface area contributed by atoms with Gasteiger partial charge >= 0.3 is 0 Å². The first-order valence-corrected chi connectivity index (χ1v) is 8.01. The quantitative estimate of drug-likeness (QED) is 0.774. The average Bonchev–Trinajstić information content (AvgIpc) is 3.21. The molecule has 1 aliphatic heterocycles. The number of nitrogens with one attached hydrogen (secondary N) is 2. The first kappa shape index (κ1) is 14.1. The van der Waals surface area contributed by atoms with Crippen LogP contribution in [0.3, 0.4) is 0 Å². The van der Waals surface area contributed by atoms with Crippen LogP contribution in [0.15, 0.2) is 36.5 Å². The summed E-state index contributed by atoms with van der Waals surface area (Å²) >= 11 is 0. The van der Waals surface area contributed by atoms with Gasteiger partial charge in [-0.2, -0.15) is 5.10 Å². The highest BCUT2D eigenvalue weighted by atomic mass is 15.3. The van der Waals surface area contributed by atoms with Gasteiger partial charge in [0.05, 0.1) is 11.9 Å². The summed E-state index contributed by atoms with van der Waals surface area (Å²) in [4.78, 5) is 0. The van der Waals surface area contributed by atoms with Gasteiger partial charge in [-0.1, -0.05) is 30.3 Å². The van der Waals surface area contributed by atoms with Gasteiger partial charge in [-0.3, -0.25) is 5.10 Å². The molecule has 3 heterocycles. The minimum Gasteiger partial charge on any atom is -0.314 e. The smallest absolute Gasteiger partial charge is 0.133 e. The van der Waals surface area contributed by atoms with Crippen LogP contribution < -0.4 is 5.32 Å². The van der Waals surface area contributed by atoms with Crippen molar-refractivity contribution in [1.82, 2.24) is 30.3 Å². The topological polar surface area (TPSA) is 71.4 Å². The van der Waals surface area contributed by atoms with E-state index in [1.54, 1.807) is 0 Å². The molecule has 3 aromatic rings. The van der Waals surface area contributed by atoms with Crippen molar-refractivity contribution in [3.8, 4) is 11.3 Å². The maximum absolute atomic E-state index is 4.22. The number of fused-ring (bicyclic) bond motifs is 1. The fraction of sp³-hybridized carbons (Fsp3) is 0.353. The van der Waals surface area contributed by atoms with Gasteiger partial charge in [-0.25, -0.2) is 0 Å². The Morgan fingerprint density at radius 3 is 3.00 bits per heavy atom. The fourth-order valence-corrected chi connectivity index (χ4v) is 3.18. The van der Waals surface area contributed by atoms with Crippen LogP contribution in [0.5, 0.6) is 0 Å². The normalized spacial score (nSPS) is 17.2. The molecule has 1 aliphatic rings. The van der Waals surface area contributed by atoms with Crippen LogP contribution in [0.4, 0.5) is 0 Å². The SMILES string of the molecule is Cc1nnc2n1CC(NCc1cn[nH]c1-c1ccccc1)CC2. The standard InChI is InChI=1S/C17H20N6/c1-12-20-21-16-8-7-15(11-23(12)16)18-9-14-10-19-22-17(14)13-5-3-2-4-6-13/h2-6,10,15,18H,7-9,11H2,1H3,(H,19,22). The number of aryl methyl sites for hydroxylation is 2. The van der Waals surface area contributed by atoms with Gasteiger partial charge in [-0.15, -0.1) is 10.2 Å². The van der Waals surface area contributed by atoms with Crippen molar-refractivity contribution in [2.75, 3.05) is 0 Å². The summed E-state index contributed by atoms with van der Waals surface area (Å²) in [6.07, 6.45) is 3.99. The van der Waals surface area contributed by atoms with E-state index < -0.39 is 0 Å².